The molecule has 1 aliphatic heterocycles. The molecule has 2 amide bonds. The first-order valence-corrected chi connectivity index (χ1v) is 11.3. The molecule has 180 valence electrons. The van der Waals surface area contributed by atoms with Gasteiger partial charge in [0.25, 0.3) is 5.69 Å². The van der Waals surface area contributed by atoms with Crippen LogP contribution in [0, 0.1) is 16.0 Å². The van der Waals surface area contributed by atoms with Gasteiger partial charge in [-0.3, -0.25) is 24.5 Å². The summed E-state index contributed by atoms with van der Waals surface area (Å²) in [6.07, 6.45) is 0.120. The summed E-state index contributed by atoms with van der Waals surface area (Å²) in [6.45, 7) is 4.16. The van der Waals surface area contributed by atoms with Gasteiger partial charge in [0.2, 0.25) is 11.8 Å². The maximum atomic E-state index is 13.1. The summed E-state index contributed by atoms with van der Waals surface area (Å²) < 4.78 is 5.20. The first-order chi connectivity index (χ1) is 16.2. The van der Waals surface area contributed by atoms with Crippen LogP contribution in [0.25, 0.3) is 0 Å². The van der Waals surface area contributed by atoms with Gasteiger partial charge >= 0.3 is 5.97 Å². The normalized spacial score (nSPS) is 16.4. The second kappa shape index (κ2) is 11.4. The highest BCUT2D eigenvalue weighted by Crippen LogP contribution is 2.29. The molecule has 2 aromatic rings. The highest BCUT2D eigenvalue weighted by Gasteiger charge is 2.36. The van der Waals surface area contributed by atoms with Gasteiger partial charge in [0, 0.05) is 25.6 Å². The molecule has 1 heterocycles. The van der Waals surface area contributed by atoms with E-state index in [9.17, 15) is 24.5 Å². The number of nitrogens with zero attached hydrogens (tertiary/aromatic N) is 2. The van der Waals surface area contributed by atoms with Crippen LogP contribution in [0.3, 0.4) is 0 Å². The zero-order valence-electron chi connectivity index (χ0n) is 19.3. The SMILES string of the molecule is CC(C)OC(=O)CC(NC(=O)C1CC(=O)N(CCc2ccccc2)C1)c1ccccc1[N+](=O)[O-]. The number of nitro groups is 1. The van der Waals surface area contributed by atoms with E-state index in [0.717, 1.165) is 5.56 Å². The van der Waals surface area contributed by atoms with Crippen molar-refractivity contribution in [3.63, 3.8) is 0 Å². The van der Waals surface area contributed by atoms with Crippen LogP contribution in [0.2, 0.25) is 0 Å². The summed E-state index contributed by atoms with van der Waals surface area (Å²) in [5.74, 6) is -1.71. The van der Waals surface area contributed by atoms with Crippen LogP contribution in [-0.4, -0.2) is 46.8 Å². The first-order valence-electron chi connectivity index (χ1n) is 11.3. The maximum absolute atomic E-state index is 13.1. The molecule has 2 unspecified atom stereocenters. The number of amides is 2. The van der Waals surface area contributed by atoms with Crippen molar-refractivity contribution in [3.8, 4) is 0 Å². The maximum Gasteiger partial charge on any atom is 0.308 e. The number of ether oxygens (including phenoxy) is 1. The summed E-state index contributed by atoms with van der Waals surface area (Å²) in [5, 5.41) is 14.3. The van der Waals surface area contributed by atoms with Crippen molar-refractivity contribution in [2.24, 2.45) is 5.92 Å². The Balaban J connectivity index is 1.70. The minimum Gasteiger partial charge on any atom is -0.463 e. The third-order valence-corrected chi connectivity index (χ3v) is 5.66. The van der Waals surface area contributed by atoms with Crippen molar-refractivity contribution >= 4 is 23.5 Å². The van der Waals surface area contributed by atoms with Crippen LogP contribution in [0.4, 0.5) is 5.69 Å². The van der Waals surface area contributed by atoms with Crippen LogP contribution in [0.15, 0.2) is 54.6 Å². The van der Waals surface area contributed by atoms with E-state index in [1.165, 1.54) is 18.2 Å². The van der Waals surface area contributed by atoms with E-state index in [4.69, 9.17) is 4.74 Å². The molecule has 34 heavy (non-hydrogen) atoms. The van der Waals surface area contributed by atoms with E-state index in [0.29, 0.717) is 13.0 Å². The molecule has 0 aliphatic carbocycles. The van der Waals surface area contributed by atoms with Gasteiger partial charge in [-0.15, -0.1) is 0 Å². The Labute approximate surface area is 198 Å². The van der Waals surface area contributed by atoms with Crippen LogP contribution < -0.4 is 5.32 Å². The standard InChI is InChI=1S/C25H29N3O6/c1-17(2)34-24(30)15-21(20-10-6-7-11-22(20)28(32)33)26-25(31)19-14-23(29)27(16-19)13-12-18-8-4-3-5-9-18/h3-11,17,19,21H,12-16H2,1-2H3,(H,26,31). The molecule has 1 N–H and O–H groups in total. The van der Waals surface area contributed by atoms with Crippen LogP contribution >= 0.6 is 0 Å². The highest BCUT2D eigenvalue weighted by atomic mass is 16.6. The van der Waals surface area contributed by atoms with E-state index in [2.05, 4.69) is 5.32 Å². The Morgan fingerprint density at radius 2 is 1.82 bits per heavy atom. The Kier molecular flexibility index (Phi) is 8.34. The van der Waals surface area contributed by atoms with Gasteiger partial charge in [0.15, 0.2) is 0 Å². The molecule has 1 saturated heterocycles. The van der Waals surface area contributed by atoms with E-state index in [1.54, 1.807) is 24.8 Å². The fourth-order valence-electron chi connectivity index (χ4n) is 4.03. The lowest BCUT2D eigenvalue weighted by molar-refractivity contribution is -0.385. The molecular weight excluding hydrogens is 438 g/mol. The Morgan fingerprint density at radius 3 is 2.50 bits per heavy atom. The van der Waals surface area contributed by atoms with Crippen molar-refractivity contribution in [1.82, 2.24) is 10.2 Å². The van der Waals surface area contributed by atoms with Gasteiger partial charge in [0.1, 0.15) is 0 Å². The average molecular weight is 468 g/mol. The average Bonchev–Trinajstić information content (AvgIpc) is 3.18. The number of likely N-dealkylation sites (tertiary alicyclic amines) is 1. The third-order valence-electron chi connectivity index (χ3n) is 5.66. The van der Waals surface area contributed by atoms with Crippen molar-refractivity contribution in [3.05, 3.63) is 75.8 Å². The topological polar surface area (TPSA) is 119 Å². The molecule has 0 radical (unpaired) electrons. The molecule has 9 heteroatoms. The number of carbonyl (C=O) groups excluding carboxylic acids is 3. The number of hydrogen-bond donors (Lipinski definition) is 1. The zero-order valence-corrected chi connectivity index (χ0v) is 19.3. The summed E-state index contributed by atoms with van der Waals surface area (Å²) in [4.78, 5) is 50.5. The molecule has 1 aliphatic rings. The minimum atomic E-state index is -0.950. The number of nitro benzene ring substituents is 1. The van der Waals surface area contributed by atoms with Gasteiger partial charge in [-0.1, -0.05) is 48.5 Å². The van der Waals surface area contributed by atoms with E-state index >= 15 is 0 Å². The van der Waals surface area contributed by atoms with Crippen LogP contribution in [0.1, 0.15) is 43.9 Å². The molecule has 9 nitrogen and oxygen atoms in total. The Bertz CT molecular complexity index is 1040. The molecule has 0 saturated carbocycles. The van der Waals surface area contributed by atoms with Gasteiger partial charge in [-0.05, 0) is 25.8 Å². The monoisotopic (exact) mass is 467 g/mol. The zero-order chi connectivity index (χ0) is 24.7. The molecule has 0 bridgehead atoms. The van der Waals surface area contributed by atoms with Gasteiger partial charge in [-0.25, -0.2) is 0 Å². The van der Waals surface area contributed by atoms with E-state index < -0.39 is 28.8 Å². The number of benzene rings is 2. The largest absolute Gasteiger partial charge is 0.463 e. The quantitative estimate of drug-likeness (QED) is 0.326. The third kappa shape index (κ3) is 6.63. The molecule has 0 spiro atoms. The smallest absolute Gasteiger partial charge is 0.308 e. The number of carbonyl (C=O) groups is 3. The van der Waals surface area contributed by atoms with Crippen molar-refractivity contribution in [2.75, 3.05) is 13.1 Å². The van der Waals surface area contributed by atoms with Gasteiger partial charge < -0.3 is 15.0 Å². The molecule has 1 fully saturated rings. The van der Waals surface area contributed by atoms with E-state index in [-0.39, 0.29) is 42.6 Å². The van der Waals surface area contributed by atoms with E-state index in [1.807, 2.05) is 30.3 Å². The number of nitrogens with one attached hydrogen (secondary N) is 1. The lowest BCUT2D eigenvalue weighted by Gasteiger charge is -2.21. The summed E-state index contributed by atoms with van der Waals surface area (Å²) >= 11 is 0. The number of rotatable bonds is 10. The van der Waals surface area contributed by atoms with Crippen LogP contribution in [-0.2, 0) is 25.5 Å². The molecule has 2 atom stereocenters. The molecule has 2 aromatic carbocycles. The lowest BCUT2D eigenvalue weighted by atomic mass is 9.99. The van der Waals surface area contributed by atoms with Crippen LogP contribution in [0.5, 0.6) is 0 Å². The highest BCUT2D eigenvalue weighted by molar-refractivity contribution is 5.89. The van der Waals surface area contributed by atoms with Crippen molar-refractivity contribution in [2.45, 2.75) is 45.3 Å². The number of para-hydroxylation sites is 1. The number of esters is 1. The second-order valence-electron chi connectivity index (χ2n) is 8.60. The fraction of sp³-hybridized carbons (Fsp3) is 0.400. The second-order valence-corrected chi connectivity index (χ2v) is 8.60. The van der Waals surface area contributed by atoms with Crippen molar-refractivity contribution < 1.29 is 24.0 Å². The van der Waals surface area contributed by atoms with Gasteiger partial charge in [-0.2, -0.15) is 0 Å². The lowest BCUT2D eigenvalue weighted by Crippen LogP contribution is -2.37. The van der Waals surface area contributed by atoms with Crippen molar-refractivity contribution in [1.29, 1.82) is 0 Å². The molecular formula is C25H29N3O6. The molecule has 0 aromatic heterocycles. The minimum absolute atomic E-state index is 0.0562. The predicted molar refractivity (Wildman–Crippen MR) is 125 cm³/mol. The fourth-order valence-corrected chi connectivity index (χ4v) is 4.03. The molecule has 3 rings (SSSR count). The van der Waals surface area contributed by atoms with Gasteiger partial charge in [0.05, 0.1) is 35.0 Å². The first kappa shape index (κ1) is 24.9. The number of hydrogen-bond acceptors (Lipinski definition) is 6. The summed E-state index contributed by atoms with van der Waals surface area (Å²) in [7, 11) is 0. The summed E-state index contributed by atoms with van der Waals surface area (Å²) in [6, 6.07) is 14.8. The summed E-state index contributed by atoms with van der Waals surface area (Å²) in [5.41, 5.74) is 1.12. The Hall–Kier alpha value is -3.75. The Morgan fingerprint density at radius 1 is 1.15 bits per heavy atom. The predicted octanol–water partition coefficient (Wildman–Crippen LogP) is 3.19.